The second-order valence-electron chi connectivity index (χ2n) is 8.29. The molecule has 4 aromatic rings. The Morgan fingerprint density at radius 1 is 0.971 bits per heavy atom. The summed E-state index contributed by atoms with van der Waals surface area (Å²) in [5.41, 5.74) is 4.86. The van der Waals surface area contributed by atoms with Crippen molar-refractivity contribution in [2.45, 2.75) is 26.9 Å². The number of nitrogens with one attached hydrogen (secondary N) is 2. The third-order valence-corrected chi connectivity index (χ3v) is 6.06. The van der Waals surface area contributed by atoms with Crippen molar-refractivity contribution in [2.24, 2.45) is 0 Å². The number of nitrogens with zero attached hydrogens (tertiary/aromatic N) is 1. The molecule has 2 N–H and O–H groups in total. The van der Waals surface area contributed by atoms with Gasteiger partial charge in [0, 0.05) is 28.3 Å². The summed E-state index contributed by atoms with van der Waals surface area (Å²) in [5.74, 6) is 0.698. The standard InChI is InChI=1S/C27H26ClN3O3/c1-17-12-20-14-21(26(32)30-25(20)13-18(17)2)16-31(15-19-4-6-22(28)7-5-19)27(33)29-23-8-10-24(34-3)11-9-23/h4-14H,15-16H2,1-3H3,(H,29,33)(H,30,32). The first kappa shape index (κ1) is 23.4. The van der Waals surface area contributed by atoms with E-state index < -0.39 is 0 Å². The Kier molecular flexibility index (Phi) is 6.89. The predicted molar refractivity (Wildman–Crippen MR) is 137 cm³/mol. The molecule has 0 atom stereocenters. The molecule has 0 aliphatic heterocycles. The molecule has 0 spiro atoms. The van der Waals surface area contributed by atoms with Crippen LogP contribution in [0.4, 0.5) is 10.5 Å². The minimum atomic E-state index is -0.320. The quantitative estimate of drug-likeness (QED) is 0.357. The molecule has 0 radical (unpaired) electrons. The number of carbonyl (C=O) groups excluding carboxylic acids is 1. The van der Waals surface area contributed by atoms with E-state index in [1.54, 1.807) is 48.4 Å². The van der Waals surface area contributed by atoms with Gasteiger partial charge < -0.3 is 19.9 Å². The molecule has 0 saturated carbocycles. The van der Waals surface area contributed by atoms with E-state index in [0.717, 1.165) is 27.6 Å². The van der Waals surface area contributed by atoms with Crippen molar-refractivity contribution in [3.8, 4) is 5.75 Å². The molecule has 174 valence electrons. The van der Waals surface area contributed by atoms with Crippen molar-refractivity contribution in [1.29, 1.82) is 0 Å². The van der Waals surface area contributed by atoms with Gasteiger partial charge >= 0.3 is 6.03 Å². The maximum atomic E-state index is 13.3. The molecule has 3 aromatic carbocycles. The summed E-state index contributed by atoms with van der Waals surface area (Å²) in [4.78, 5) is 30.7. The van der Waals surface area contributed by atoms with Crippen LogP contribution in [0.25, 0.3) is 10.9 Å². The molecule has 7 heteroatoms. The summed E-state index contributed by atoms with van der Waals surface area (Å²) in [5, 5.41) is 4.46. The van der Waals surface area contributed by atoms with Gasteiger partial charge in [0.05, 0.1) is 13.7 Å². The van der Waals surface area contributed by atoms with Crippen LogP contribution in [0.1, 0.15) is 22.3 Å². The maximum Gasteiger partial charge on any atom is 0.322 e. The molecule has 2 amide bonds. The van der Waals surface area contributed by atoms with Crippen LogP contribution in [0.5, 0.6) is 5.75 Å². The van der Waals surface area contributed by atoms with E-state index in [0.29, 0.717) is 28.6 Å². The van der Waals surface area contributed by atoms with Gasteiger partial charge in [-0.1, -0.05) is 23.7 Å². The zero-order chi connectivity index (χ0) is 24.2. The Hall–Kier alpha value is -3.77. The molecule has 1 aromatic heterocycles. The molecular formula is C27H26ClN3O3. The van der Waals surface area contributed by atoms with Gasteiger partial charge in [-0.25, -0.2) is 4.79 Å². The van der Waals surface area contributed by atoms with Gasteiger partial charge in [0.25, 0.3) is 5.56 Å². The Bertz CT molecular complexity index is 1380. The maximum absolute atomic E-state index is 13.3. The van der Waals surface area contributed by atoms with Crippen LogP contribution in [0.3, 0.4) is 0 Å². The average Bonchev–Trinajstić information content (AvgIpc) is 2.82. The number of amides is 2. The molecule has 0 unspecified atom stereocenters. The fourth-order valence-corrected chi connectivity index (χ4v) is 3.86. The van der Waals surface area contributed by atoms with Crippen LogP contribution < -0.4 is 15.6 Å². The van der Waals surface area contributed by atoms with Crippen molar-refractivity contribution in [3.05, 3.63) is 104 Å². The van der Waals surface area contributed by atoms with Gasteiger partial charge in [-0.05, 0) is 90.5 Å². The molecule has 6 nitrogen and oxygen atoms in total. The zero-order valence-electron chi connectivity index (χ0n) is 19.3. The van der Waals surface area contributed by atoms with E-state index in [1.807, 2.05) is 44.2 Å². The number of carbonyl (C=O) groups is 1. The minimum absolute atomic E-state index is 0.142. The van der Waals surface area contributed by atoms with Crippen LogP contribution in [-0.2, 0) is 13.1 Å². The normalized spacial score (nSPS) is 10.8. The van der Waals surface area contributed by atoms with E-state index in [4.69, 9.17) is 16.3 Å². The Balaban J connectivity index is 1.64. The number of aromatic nitrogens is 1. The first-order valence-electron chi connectivity index (χ1n) is 10.9. The molecule has 0 saturated heterocycles. The first-order chi connectivity index (χ1) is 16.3. The van der Waals surface area contributed by atoms with Gasteiger partial charge in [-0.3, -0.25) is 4.79 Å². The number of urea groups is 1. The molecule has 0 bridgehead atoms. The van der Waals surface area contributed by atoms with E-state index in [2.05, 4.69) is 10.3 Å². The topological polar surface area (TPSA) is 74.4 Å². The number of methoxy groups -OCH3 is 1. The highest BCUT2D eigenvalue weighted by Crippen LogP contribution is 2.20. The lowest BCUT2D eigenvalue weighted by atomic mass is 10.0. The summed E-state index contributed by atoms with van der Waals surface area (Å²) in [7, 11) is 1.59. The third kappa shape index (κ3) is 5.41. The van der Waals surface area contributed by atoms with Gasteiger partial charge in [0.2, 0.25) is 0 Å². The van der Waals surface area contributed by atoms with Gasteiger partial charge in [-0.2, -0.15) is 0 Å². The number of hydrogen-bond acceptors (Lipinski definition) is 3. The lowest BCUT2D eigenvalue weighted by Gasteiger charge is -2.23. The summed E-state index contributed by atoms with van der Waals surface area (Å²) in [6.45, 7) is 4.50. The lowest BCUT2D eigenvalue weighted by molar-refractivity contribution is 0.206. The molecule has 1 heterocycles. The van der Waals surface area contributed by atoms with Gasteiger partial charge in [0.1, 0.15) is 5.75 Å². The lowest BCUT2D eigenvalue weighted by Crippen LogP contribution is -2.35. The van der Waals surface area contributed by atoms with Crippen LogP contribution in [0, 0.1) is 13.8 Å². The highest BCUT2D eigenvalue weighted by atomic mass is 35.5. The van der Waals surface area contributed by atoms with Gasteiger partial charge in [-0.15, -0.1) is 0 Å². The van der Waals surface area contributed by atoms with Gasteiger partial charge in [0.15, 0.2) is 0 Å². The molecule has 0 aliphatic rings. The summed E-state index contributed by atoms with van der Waals surface area (Å²) in [6.07, 6.45) is 0. The molecule has 34 heavy (non-hydrogen) atoms. The largest absolute Gasteiger partial charge is 0.497 e. The fourth-order valence-electron chi connectivity index (χ4n) is 3.73. The predicted octanol–water partition coefficient (Wildman–Crippen LogP) is 6.04. The fraction of sp³-hybridized carbons (Fsp3) is 0.185. The number of ether oxygens (including phenoxy) is 1. The second-order valence-corrected chi connectivity index (χ2v) is 8.73. The van der Waals surface area contributed by atoms with Crippen molar-refractivity contribution in [1.82, 2.24) is 9.88 Å². The number of aryl methyl sites for hydroxylation is 2. The Morgan fingerprint density at radius 2 is 1.65 bits per heavy atom. The summed E-state index contributed by atoms with van der Waals surface area (Å²) in [6, 6.07) is 19.9. The number of H-pyrrole nitrogens is 1. The highest BCUT2D eigenvalue weighted by Gasteiger charge is 2.17. The summed E-state index contributed by atoms with van der Waals surface area (Å²) < 4.78 is 5.18. The van der Waals surface area contributed by atoms with E-state index in [1.165, 1.54) is 0 Å². The number of aromatic amines is 1. The number of benzene rings is 3. The first-order valence-corrected chi connectivity index (χ1v) is 11.3. The Labute approximate surface area is 203 Å². The van der Waals surface area contributed by atoms with E-state index >= 15 is 0 Å². The minimum Gasteiger partial charge on any atom is -0.497 e. The monoisotopic (exact) mass is 475 g/mol. The van der Waals surface area contributed by atoms with Crippen LogP contribution >= 0.6 is 11.6 Å². The van der Waals surface area contributed by atoms with Crippen LogP contribution in [0.2, 0.25) is 5.02 Å². The number of rotatable bonds is 6. The number of halogens is 1. The van der Waals surface area contributed by atoms with Crippen LogP contribution in [0.15, 0.2) is 71.5 Å². The Morgan fingerprint density at radius 3 is 2.32 bits per heavy atom. The van der Waals surface area contributed by atoms with Crippen molar-refractivity contribution < 1.29 is 9.53 Å². The van der Waals surface area contributed by atoms with Crippen molar-refractivity contribution in [3.63, 3.8) is 0 Å². The van der Waals surface area contributed by atoms with E-state index in [-0.39, 0.29) is 18.1 Å². The number of pyridine rings is 1. The third-order valence-electron chi connectivity index (χ3n) is 5.81. The number of hydrogen-bond donors (Lipinski definition) is 2. The second kappa shape index (κ2) is 10.0. The molecule has 0 aliphatic carbocycles. The molecule has 0 fully saturated rings. The molecular weight excluding hydrogens is 450 g/mol. The van der Waals surface area contributed by atoms with Crippen LogP contribution in [-0.4, -0.2) is 23.0 Å². The highest BCUT2D eigenvalue weighted by molar-refractivity contribution is 6.30. The van der Waals surface area contributed by atoms with Crippen molar-refractivity contribution >= 4 is 34.2 Å². The summed E-state index contributed by atoms with van der Waals surface area (Å²) >= 11 is 6.02. The zero-order valence-corrected chi connectivity index (χ0v) is 20.1. The molecule has 4 rings (SSSR count). The van der Waals surface area contributed by atoms with E-state index in [9.17, 15) is 9.59 Å². The SMILES string of the molecule is COc1ccc(NC(=O)N(Cc2ccc(Cl)cc2)Cc2cc3cc(C)c(C)cc3[nH]c2=O)cc1. The average molecular weight is 476 g/mol. The number of anilines is 1. The smallest absolute Gasteiger partial charge is 0.322 e. The van der Waals surface area contributed by atoms with Crippen molar-refractivity contribution in [2.75, 3.05) is 12.4 Å². The number of fused-ring (bicyclic) bond motifs is 1.